The minimum Gasteiger partial charge on any atom is -0.489 e. The fourth-order valence-corrected chi connectivity index (χ4v) is 2.08. The van der Waals surface area contributed by atoms with Crippen molar-refractivity contribution in [3.63, 3.8) is 0 Å². The second-order valence-electron chi connectivity index (χ2n) is 4.60. The highest BCUT2D eigenvalue weighted by Crippen LogP contribution is 2.22. The van der Waals surface area contributed by atoms with Crippen LogP contribution < -0.4 is 16.2 Å². The zero-order chi connectivity index (χ0) is 19.5. The minimum atomic E-state index is -1.50. The Morgan fingerprint density at radius 1 is 1.23 bits per heavy atom. The SMILES string of the molecule is NC(N)=N/N=C/c1ccc(OCc2ccc(Cl)cc2Cl)cc1.O=[N+]([O-])O. The lowest BCUT2D eigenvalue weighted by Gasteiger charge is -2.08. The number of nitrogens with two attached hydrogens (primary N) is 2. The van der Waals surface area contributed by atoms with E-state index in [0.29, 0.717) is 22.4 Å². The Kier molecular flexibility index (Phi) is 8.68. The number of ether oxygens (including phenoxy) is 1. The summed E-state index contributed by atoms with van der Waals surface area (Å²) in [6.45, 7) is 0.359. The maximum atomic E-state index is 8.36. The van der Waals surface area contributed by atoms with Crippen molar-refractivity contribution in [1.29, 1.82) is 0 Å². The van der Waals surface area contributed by atoms with Gasteiger partial charge in [-0.1, -0.05) is 29.3 Å². The molecule has 138 valence electrons. The number of halogens is 2. The smallest absolute Gasteiger partial charge is 0.291 e. The molecule has 0 atom stereocenters. The molecule has 0 aliphatic heterocycles. The highest BCUT2D eigenvalue weighted by molar-refractivity contribution is 6.35. The molecule has 11 heteroatoms. The van der Waals surface area contributed by atoms with Crippen LogP contribution in [-0.2, 0) is 6.61 Å². The molecule has 2 aromatic rings. The molecular formula is C15H15Cl2N5O4. The zero-order valence-corrected chi connectivity index (χ0v) is 14.8. The Labute approximate surface area is 158 Å². The number of benzene rings is 2. The standard InChI is InChI=1S/C15H14Cl2N4O.HNO3/c16-12-4-3-11(14(17)7-12)9-22-13-5-1-10(2-6-13)8-20-21-15(18)19;2-1(3)4/h1-8H,9H2,(H4,18,19,21);(H,2,3,4)/b20-8+;. The van der Waals surface area contributed by atoms with Gasteiger partial charge in [-0.25, -0.2) is 0 Å². The predicted molar refractivity (Wildman–Crippen MR) is 99.4 cm³/mol. The maximum absolute atomic E-state index is 8.36. The van der Waals surface area contributed by atoms with Crippen molar-refractivity contribution < 1.29 is 15.0 Å². The van der Waals surface area contributed by atoms with E-state index in [4.69, 9.17) is 54.7 Å². The summed E-state index contributed by atoms with van der Waals surface area (Å²) >= 11 is 11.9. The van der Waals surface area contributed by atoms with Crippen molar-refractivity contribution in [2.45, 2.75) is 6.61 Å². The molecule has 0 saturated heterocycles. The summed E-state index contributed by atoms with van der Waals surface area (Å²) in [6.07, 6.45) is 1.54. The third kappa shape index (κ3) is 8.71. The summed E-state index contributed by atoms with van der Waals surface area (Å²) in [5.74, 6) is 0.626. The third-order valence-electron chi connectivity index (χ3n) is 2.67. The molecular weight excluding hydrogens is 385 g/mol. The van der Waals surface area contributed by atoms with Crippen molar-refractivity contribution in [2.75, 3.05) is 0 Å². The molecule has 0 aromatic heterocycles. The van der Waals surface area contributed by atoms with Crippen LogP contribution >= 0.6 is 23.2 Å². The van der Waals surface area contributed by atoms with Gasteiger partial charge in [0.05, 0.1) is 6.21 Å². The Balaban J connectivity index is 0.000000765. The largest absolute Gasteiger partial charge is 0.489 e. The molecule has 0 bridgehead atoms. The van der Waals surface area contributed by atoms with Crippen LogP contribution in [-0.4, -0.2) is 22.5 Å². The first kappa shape index (κ1) is 21.0. The fourth-order valence-electron chi connectivity index (χ4n) is 1.61. The molecule has 0 saturated carbocycles. The van der Waals surface area contributed by atoms with Gasteiger partial charge in [-0.2, -0.15) is 5.10 Å². The van der Waals surface area contributed by atoms with Gasteiger partial charge in [0.2, 0.25) is 5.96 Å². The second kappa shape index (κ2) is 10.7. The Hall–Kier alpha value is -3.04. The molecule has 0 radical (unpaired) electrons. The first-order valence-electron chi connectivity index (χ1n) is 6.90. The van der Waals surface area contributed by atoms with E-state index in [0.717, 1.165) is 11.1 Å². The van der Waals surface area contributed by atoms with Gasteiger partial charge < -0.3 is 21.4 Å². The molecule has 26 heavy (non-hydrogen) atoms. The van der Waals surface area contributed by atoms with Gasteiger partial charge >= 0.3 is 0 Å². The average molecular weight is 400 g/mol. The number of nitrogens with zero attached hydrogens (tertiary/aromatic N) is 3. The van der Waals surface area contributed by atoms with E-state index in [2.05, 4.69) is 10.2 Å². The highest BCUT2D eigenvalue weighted by Gasteiger charge is 2.02. The van der Waals surface area contributed by atoms with Crippen LogP contribution in [0.5, 0.6) is 5.75 Å². The lowest BCUT2D eigenvalue weighted by Crippen LogP contribution is -2.21. The van der Waals surface area contributed by atoms with Crippen LogP contribution in [0.15, 0.2) is 52.7 Å². The van der Waals surface area contributed by atoms with E-state index in [-0.39, 0.29) is 5.96 Å². The molecule has 0 fully saturated rings. The van der Waals surface area contributed by atoms with Crippen molar-refractivity contribution in [2.24, 2.45) is 21.7 Å². The van der Waals surface area contributed by atoms with Crippen LogP contribution in [0.4, 0.5) is 0 Å². The van der Waals surface area contributed by atoms with Crippen LogP contribution in [0.2, 0.25) is 10.0 Å². The van der Waals surface area contributed by atoms with Gasteiger partial charge in [0.1, 0.15) is 12.4 Å². The molecule has 2 rings (SSSR count). The molecule has 0 aliphatic rings. The molecule has 0 heterocycles. The molecule has 0 amide bonds. The Morgan fingerprint density at radius 3 is 2.38 bits per heavy atom. The van der Waals surface area contributed by atoms with Crippen molar-refractivity contribution >= 4 is 35.4 Å². The van der Waals surface area contributed by atoms with E-state index in [1.54, 1.807) is 18.3 Å². The van der Waals surface area contributed by atoms with Gasteiger partial charge in [0.25, 0.3) is 5.09 Å². The monoisotopic (exact) mass is 399 g/mol. The van der Waals surface area contributed by atoms with Gasteiger partial charge in [0.15, 0.2) is 0 Å². The average Bonchev–Trinajstić information content (AvgIpc) is 2.54. The van der Waals surface area contributed by atoms with E-state index in [1.807, 2.05) is 30.3 Å². The van der Waals surface area contributed by atoms with E-state index >= 15 is 0 Å². The van der Waals surface area contributed by atoms with Crippen molar-refractivity contribution in [3.05, 3.63) is 73.8 Å². The second-order valence-corrected chi connectivity index (χ2v) is 5.44. The van der Waals surface area contributed by atoms with Gasteiger partial charge in [-0.05, 0) is 42.0 Å². The summed E-state index contributed by atoms with van der Waals surface area (Å²) in [6, 6.07) is 12.6. The Bertz CT molecular complexity index is 789. The number of rotatable bonds is 5. The summed E-state index contributed by atoms with van der Waals surface area (Å²) in [5.41, 5.74) is 12.1. The van der Waals surface area contributed by atoms with Crippen LogP contribution in [0.3, 0.4) is 0 Å². The van der Waals surface area contributed by atoms with Crippen molar-refractivity contribution in [1.82, 2.24) is 0 Å². The molecule has 0 unspecified atom stereocenters. The van der Waals surface area contributed by atoms with Crippen LogP contribution in [0, 0.1) is 10.1 Å². The topological polar surface area (TPSA) is 149 Å². The van der Waals surface area contributed by atoms with E-state index < -0.39 is 5.09 Å². The molecule has 2 aromatic carbocycles. The quantitative estimate of drug-likeness (QED) is 0.304. The van der Waals surface area contributed by atoms with E-state index in [9.17, 15) is 0 Å². The lowest BCUT2D eigenvalue weighted by atomic mass is 10.2. The predicted octanol–water partition coefficient (Wildman–Crippen LogP) is 2.83. The minimum absolute atomic E-state index is 0.0870. The highest BCUT2D eigenvalue weighted by atomic mass is 35.5. The first-order chi connectivity index (χ1) is 12.3. The molecule has 0 aliphatic carbocycles. The van der Waals surface area contributed by atoms with Crippen LogP contribution in [0.1, 0.15) is 11.1 Å². The normalized spacial score (nSPS) is 9.92. The van der Waals surface area contributed by atoms with Crippen molar-refractivity contribution in [3.8, 4) is 5.75 Å². The Morgan fingerprint density at radius 2 is 1.85 bits per heavy atom. The van der Waals surface area contributed by atoms with E-state index in [1.165, 1.54) is 0 Å². The first-order valence-corrected chi connectivity index (χ1v) is 7.65. The summed E-state index contributed by atoms with van der Waals surface area (Å²) in [4.78, 5) is 8.36. The third-order valence-corrected chi connectivity index (χ3v) is 3.26. The van der Waals surface area contributed by atoms with Crippen LogP contribution in [0.25, 0.3) is 0 Å². The summed E-state index contributed by atoms with van der Waals surface area (Å²) < 4.78 is 5.67. The number of guanidine groups is 1. The summed E-state index contributed by atoms with van der Waals surface area (Å²) in [7, 11) is 0. The maximum Gasteiger partial charge on any atom is 0.291 e. The van der Waals surface area contributed by atoms with Gasteiger partial charge in [0, 0.05) is 15.6 Å². The molecule has 5 N–H and O–H groups in total. The van der Waals surface area contributed by atoms with Gasteiger partial charge in [-0.15, -0.1) is 15.2 Å². The zero-order valence-electron chi connectivity index (χ0n) is 13.3. The lowest BCUT2D eigenvalue weighted by molar-refractivity contribution is -0.742. The number of hydrogen-bond acceptors (Lipinski definition) is 5. The molecule has 0 spiro atoms. The summed E-state index contributed by atoms with van der Waals surface area (Å²) in [5, 5.41) is 22.1. The van der Waals surface area contributed by atoms with Gasteiger partial charge in [-0.3, -0.25) is 0 Å². The molecule has 9 nitrogen and oxygen atoms in total. The fraction of sp³-hybridized carbons (Fsp3) is 0.0667. The number of hydrogen-bond donors (Lipinski definition) is 3.